The summed E-state index contributed by atoms with van der Waals surface area (Å²) in [4.78, 5) is 23.4. The van der Waals surface area contributed by atoms with Gasteiger partial charge in [0, 0.05) is 11.1 Å². The normalized spacial score (nSPS) is 9.89. The van der Waals surface area contributed by atoms with E-state index < -0.39 is 5.97 Å². The number of rotatable bonds is 4. The summed E-state index contributed by atoms with van der Waals surface area (Å²) in [5.74, 6) is -1.56. The van der Waals surface area contributed by atoms with Crippen molar-refractivity contribution in [2.45, 2.75) is 0 Å². The zero-order valence-electron chi connectivity index (χ0n) is 10.1. The maximum atomic E-state index is 12.3. The number of hydrogen-bond acceptors (Lipinski definition) is 2. The number of hydrogen-bond donors (Lipinski definition) is 0. The first-order chi connectivity index (χ1) is 9.15. The van der Waals surface area contributed by atoms with Gasteiger partial charge in [0.25, 0.3) is 0 Å². The molecule has 93 valence electrons. The van der Waals surface area contributed by atoms with Crippen molar-refractivity contribution in [1.29, 1.82) is 0 Å². The molecule has 2 aromatic rings. The molecule has 0 atom stereocenters. The lowest BCUT2D eigenvalue weighted by Crippen LogP contribution is -2.08. The Labute approximate surface area is 110 Å². The van der Waals surface area contributed by atoms with Gasteiger partial charge in [0.05, 0.1) is 5.56 Å². The van der Waals surface area contributed by atoms with Crippen molar-refractivity contribution >= 4 is 17.8 Å². The van der Waals surface area contributed by atoms with Gasteiger partial charge >= 0.3 is 5.97 Å². The minimum absolute atomic E-state index is 0.0308. The van der Waals surface area contributed by atoms with Crippen molar-refractivity contribution in [2.24, 2.45) is 0 Å². The van der Waals surface area contributed by atoms with Crippen LogP contribution in [0.3, 0.4) is 0 Å². The minimum atomic E-state index is -1.32. The predicted octanol–water partition coefficient (Wildman–Crippen LogP) is 3.13. The molecule has 0 bridgehead atoms. The minimum Gasteiger partial charge on any atom is -0.289 e. The van der Waals surface area contributed by atoms with E-state index in [0.29, 0.717) is 11.1 Å². The Morgan fingerprint density at radius 3 is 2.11 bits per heavy atom. The van der Waals surface area contributed by atoms with E-state index in [4.69, 9.17) is 0 Å². The first-order valence-electron chi connectivity index (χ1n) is 5.71. The van der Waals surface area contributed by atoms with Gasteiger partial charge in [-0.1, -0.05) is 55.1 Å². The second-order valence-electron chi connectivity index (χ2n) is 3.95. The third-order valence-corrected chi connectivity index (χ3v) is 2.81. The van der Waals surface area contributed by atoms with Crippen molar-refractivity contribution in [3.05, 3.63) is 77.4 Å². The van der Waals surface area contributed by atoms with E-state index in [0.717, 1.165) is 0 Å². The van der Waals surface area contributed by atoms with Crippen molar-refractivity contribution in [1.82, 2.24) is 0 Å². The third kappa shape index (κ3) is 2.45. The first-order valence-corrected chi connectivity index (χ1v) is 5.71. The summed E-state index contributed by atoms with van der Waals surface area (Å²) in [6.07, 6.45) is 1.36. The van der Waals surface area contributed by atoms with E-state index in [-0.39, 0.29) is 16.9 Å². The van der Waals surface area contributed by atoms with E-state index in [1.807, 2.05) is 6.07 Å². The molecule has 3 nitrogen and oxygen atoms in total. The second kappa shape index (κ2) is 5.31. The molecule has 0 spiro atoms. The Morgan fingerprint density at radius 1 is 0.895 bits per heavy atom. The van der Waals surface area contributed by atoms with Crippen LogP contribution >= 0.6 is 0 Å². The zero-order valence-corrected chi connectivity index (χ0v) is 10.1. The molecule has 2 rings (SSSR count). The largest absolute Gasteiger partial charge is 0.386 e. The molecule has 0 aliphatic carbocycles. The smallest absolute Gasteiger partial charge is 0.289 e. The van der Waals surface area contributed by atoms with Gasteiger partial charge in [-0.15, -0.1) is 0 Å². The Morgan fingerprint density at radius 2 is 1.53 bits per heavy atom. The highest BCUT2D eigenvalue weighted by atomic mass is 16.4. The Balaban J connectivity index is 2.57. The average molecular weight is 251 g/mol. The molecule has 0 fully saturated rings. The van der Waals surface area contributed by atoms with Gasteiger partial charge in [0.2, 0.25) is 0 Å². The van der Waals surface area contributed by atoms with E-state index in [2.05, 4.69) is 6.58 Å². The molecule has 0 aliphatic heterocycles. The topological polar surface area (TPSA) is 54.0 Å². The number of ketones is 1. The van der Waals surface area contributed by atoms with Crippen LogP contribution in [0.2, 0.25) is 0 Å². The van der Waals surface area contributed by atoms with Gasteiger partial charge in [0.15, 0.2) is 5.78 Å². The molecule has 0 unspecified atom stereocenters. The first kappa shape index (κ1) is 12.8. The monoisotopic (exact) mass is 251 g/mol. The summed E-state index contributed by atoms with van der Waals surface area (Å²) in [6, 6.07) is 13.2. The van der Waals surface area contributed by atoms with E-state index in [9.17, 15) is 14.7 Å². The van der Waals surface area contributed by atoms with Crippen molar-refractivity contribution in [2.75, 3.05) is 0 Å². The molecule has 0 N–H and O–H groups in total. The van der Waals surface area contributed by atoms with Crippen LogP contribution in [0, 0.1) is 0 Å². The lowest BCUT2D eigenvalue weighted by molar-refractivity contribution is 0.0573. The van der Waals surface area contributed by atoms with Crippen LogP contribution in [0.4, 0.5) is 0 Å². The van der Waals surface area contributed by atoms with E-state index in [1.54, 1.807) is 30.3 Å². The molecule has 0 heterocycles. The van der Waals surface area contributed by atoms with Crippen molar-refractivity contribution < 1.29 is 14.7 Å². The van der Waals surface area contributed by atoms with Gasteiger partial charge in [-0.05, 0) is 11.6 Å². The molecule has 0 amide bonds. The van der Waals surface area contributed by atoms with Crippen LogP contribution in [0.25, 0.3) is 6.08 Å². The predicted molar refractivity (Wildman–Crippen MR) is 71.4 cm³/mol. The third-order valence-electron chi connectivity index (χ3n) is 2.81. The summed E-state index contributed by atoms with van der Waals surface area (Å²) < 4.78 is 0. The van der Waals surface area contributed by atoms with Crippen LogP contribution < -0.4 is 0 Å². The average Bonchev–Trinajstić information content (AvgIpc) is 2.46. The summed E-state index contributed by atoms with van der Waals surface area (Å²) in [6.45, 7) is 3.57. The van der Waals surface area contributed by atoms with Crippen molar-refractivity contribution in [3.8, 4) is 0 Å². The van der Waals surface area contributed by atoms with E-state index in [1.165, 1.54) is 18.2 Å². The van der Waals surface area contributed by atoms with Gasteiger partial charge in [-0.3, -0.25) is 4.79 Å². The van der Waals surface area contributed by atoms with Gasteiger partial charge in [-0.2, -0.15) is 0 Å². The zero-order chi connectivity index (χ0) is 13.8. The number of carbonyl (C=O) groups is 2. The SMILES string of the molecule is C=Cc1c(C([O])=O)cccc1C(=O)c1ccccc1. The maximum Gasteiger partial charge on any atom is 0.386 e. The highest BCUT2D eigenvalue weighted by Gasteiger charge is 2.18. The van der Waals surface area contributed by atoms with E-state index >= 15 is 0 Å². The summed E-state index contributed by atoms with van der Waals surface area (Å²) in [5, 5.41) is 11.0. The fourth-order valence-corrected chi connectivity index (χ4v) is 1.91. The summed E-state index contributed by atoms with van der Waals surface area (Å²) in [5.41, 5.74) is 1.07. The molecular weight excluding hydrogens is 240 g/mol. The maximum absolute atomic E-state index is 12.3. The number of carbonyl (C=O) groups excluding carboxylic acids is 2. The molecule has 1 radical (unpaired) electrons. The fourth-order valence-electron chi connectivity index (χ4n) is 1.91. The molecule has 0 aliphatic rings. The highest BCUT2D eigenvalue weighted by Crippen LogP contribution is 2.20. The summed E-state index contributed by atoms with van der Waals surface area (Å²) >= 11 is 0. The standard InChI is InChI=1S/C16H11O3/c1-2-12-13(9-6-10-14(12)16(18)19)15(17)11-7-4-3-5-8-11/h2-10H,1H2. The van der Waals surface area contributed by atoms with Gasteiger partial charge < -0.3 is 0 Å². The lowest BCUT2D eigenvalue weighted by atomic mass is 9.94. The fraction of sp³-hybridized carbons (Fsp3) is 0. The molecule has 2 aromatic carbocycles. The van der Waals surface area contributed by atoms with Crippen LogP contribution in [0.1, 0.15) is 31.8 Å². The Kier molecular flexibility index (Phi) is 3.57. The second-order valence-corrected chi connectivity index (χ2v) is 3.95. The van der Waals surface area contributed by atoms with Crippen LogP contribution in [-0.4, -0.2) is 11.8 Å². The lowest BCUT2D eigenvalue weighted by Gasteiger charge is -2.07. The van der Waals surface area contributed by atoms with Crippen LogP contribution in [-0.2, 0) is 5.11 Å². The Bertz CT molecular complexity index is 642. The van der Waals surface area contributed by atoms with Gasteiger partial charge in [0.1, 0.15) is 0 Å². The quantitative estimate of drug-likeness (QED) is 0.784. The molecular formula is C16H11O3. The molecule has 0 saturated carbocycles. The molecule has 0 saturated heterocycles. The van der Waals surface area contributed by atoms with Gasteiger partial charge in [-0.25, -0.2) is 9.90 Å². The van der Waals surface area contributed by atoms with Crippen molar-refractivity contribution in [3.63, 3.8) is 0 Å². The summed E-state index contributed by atoms with van der Waals surface area (Å²) in [7, 11) is 0. The molecule has 3 heteroatoms. The van der Waals surface area contributed by atoms with Crippen LogP contribution in [0.15, 0.2) is 55.1 Å². The molecule has 19 heavy (non-hydrogen) atoms. The highest BCUT2D eigenvalue weighted by molar-refractivity contribution is 6.12. The number of benzene rings is 2. The van der Waals surface area contributed by atoms with Crippen LogP contribution in [0.5, 0.6) is 0 Å². The molecule has 0 aromatic heterocycles. The Hall–Kier alpha value is -2.68.